The minimum absolute atomic E-state index is 0. The predicted molar refractivity (Wildman–Crippen MR) is 165 cm³/mol. The molecule has 1 aliphatic heterocycles. The summed E-state index contributed by atoms with van der Waals surface area (Å²) < 4.78 is 10.7. The van der Waals surface area contributed by atoms with Crippen molar-refractivity contribution in [3.05, 3.63) is 122 Å². The summed E-state index contributed by atoms with van der Waals surface area (Å²) in [6.07, 6.45) is 5.98. The molecule has 7 aromatic rings. The average Bonchev–Trinajstić information content (AvgIpc) is 3.65. The fourth-order valence-corrected chi connectivity index (χ4v) is 5.86. The Kier molecular flexibility index (Phi) is 6.32. The number of para-hydroxylation sites is 1. The molecule has 4 heterocycles. The summed E-state index contributed by atoms with van der Waals surface area (Å²) in [4.78, 5) is 8.98. The van der Waals surface area contributed by atoms with Crippen LogP contribution >= 0.6 is 0 Å². The first kappa shape index (κ1) is 26.4. The van der Waals surface area contributed by atoms with Crippen LogP contribution in [-0.4, -0.2) is 26.1 Å². The Morgan fingerprint density at radius 3 is 2.45 bits per heavy atom. The smallest absolute Gasteiger partial charge is 0.137 e. The molecular weight excluding hydrogens is 701 g/mol. The molecule has 0 bridgehead atoms. The van der Waals surface area contributed by atoms with Crippen molar-refractivity contribution in [1.82, 2.24) is 19.0 Å². The number of pyridine rings is 1. The normalized spacial score (nSPS) is 13.1. The molecule has 3 aromatic heterocycles. The number of nitrogens with zero attached hydrogens (tertiary/aromatic N) is 5. The van der Waals surface area contributed by atoms with E-state index in [4.69, 9.17) is 9.72 Å². The van der Waals surface area contributed by atoms with Crippen LogP contribution in [0.4, 0.5) is 5.69 Å². The summed E-state index contributed by atoms with van der Waals surface area (Å²) in [6, 6.07) is 34.1. The van der Waals surface area contributed by atoms with E-state index in [2.05, 4.69) is 89.8 Å². The van der Waals surface area contributed by atoms with E-state index >= 15 is 0 Å². The molecule has 0 unspecified atom stereocenters. The summed E-state index contributed by atoms with van der Waals surface area (Å²) in [7, 11) is 4.11. The number of ether oxygens (including phenoxy) is 1. The molecule has 0 saturated carbocycles. The summed E-state index contributed by atoms with van der Waals surface area (Å²) >= 11 is 0. The molecule has 0 radical (unpaired) electrons. The first-order valence-electron chi connectivity index (χ1n) is 13.6. The van der Waals surface area contributed by atoms with Crippen LogP contribution < -0.4 is 9.64 Å². The van der Waals surface area contributed by atoms with Crippen LogP contribution in [0.3, 0.4) is 0 Å². The van der Waals surface area contributed by atoms with Gasteiger partial charge in [-0.25, -0.2) is 4.98 Å². The van der Waals surface area contributed by atoms with Gasteiger partial charge in [0.05, 0.1) is 5.52 Å². The summed E-state index contributed by atoms with van der Waals surface area (Å²) in [5.41, 5.74) is 6.47. The number of hydrogen-bond donors (Lipinski definition) is 0. The number of rotatable bonds is 4. The third-order valence-corrected chi connectivity index (χ3v) is 7.84. The van der Waals surface area contributed by atoms with Gasteiger partial charge in [-0.2, -0.15) is 18.8 Å². The molecule has 7 heteroatoms. The largest absolute Gasteiger partial charge is 0.510 e. The van der Waals surface area contributed by atoms with E-state index in [1.165, 1.54) is 16.5 Å². The first-order chi connectivity index (χ1) is 20.0. The van der Waals surface area contributed by atoms with Crippen molar-refractivity contribution in [2.75, 3.05) is 11.9 Å². The third-order valence-electron chi connectivity index (χ3n) is 7.84. The Hall–Kier alpha value is -4.54. The van der Waals surface area contributed by atoms with Gasteiger partial charge in [0.1, 0.15) is 5.82 Å². The number of benzene rings is 4. The van der Waals surface area contributed by atoms with Gasteiger partial charge in [0.15, 0.2) is 0 Å². The molecule has 0 N–H and O–H groups in total. The Morgan fingerprint density at radius 2 is 1.60 bits per heavy atom. The molecule has 0 fully saturated rings. The minimum atomic E-state index is 0. The zero-order valence-electron chi connectivity index (χ0n) is 23.3. The van der Waals surface area contributed by atoms with Crippen molar-refractivity contribution in [2.45, 2.75) is 6.92 Å². The molecule has 0 saturated heterocycles. The fraction of sp³-hybridized carbons (Fsp3) is 0.0857. The fourth-order valence-electron chi connectivity index (χ4n) is 5.86. The summed E-state index contributed by atoms with van der Waals surface area (Å²) in [5, 5.41) is 4.61. The van der Waals surface area contributed by atoms with E-state index in [-0.39, 0.29) is 21.1 Å². The zero-order valence-corrected chi connectivity index (χ0v) is 25.5. The standard InChI is InChI=1S/C35H26N5O.Pt/c1-23-11-14-31-29(17-23)30-21-36-35(20-33(30)38(31)3)40-32-10-5-4-9-27(32)28-13-12-26(19-34(28)40)41-25-8-6-7-24(18-25)39-16-15-37(2)22-39;/h4-17,20-22H,1-3H3;/q-3;. The van der Waals surface area contributed by atoms with Crippen LogP contribution in [0.5, 0.6) is 11.5 Å². The maximum Gasteiger partial charge on any atom is 0.137 e. The molecule has 0 amide bonds. The van der Waals surface area contributed by atoms with E-state index < -0.39 is 0 Å². The van der Waals surface area contributed by atoms with Gasteiger partial charge in [-0.05, 0) is 50.0 Å². The summed E-state index contributed by atoms with van der Waals surface area (Å²) in [6.45, 7) is 4.12. The second-order valence-electron chi connectivity index (χ2n) is 10.6. The van der Waals surface area contributed by atoms with Crippen LogP contribution in [0.15, 0.2) is 97.5 Å². The Bertz CT molecular complexity index is 2180. The second-order valence-corrected chi connectivity index (χ2v) is 10.6. The van der Waals surface area contributed by atoms with Gasteiger partial charge in [-0.1, -0.05) is 35.3 Å². The maximum atomic E-state index is 6.31. The molecule has 0 atom stereocenters. The van der Waals surface area contributed by atoms with Gasteiger partial charge in [-0.15, -0.1) is 41.4 Å². The number of anilines is 1. The Morgan fingerprint density at radius 1 is 0.738 bits per heavy atom. The SMILES string of the molecule is Cc1ccc2c(c1)c1cnc(-n3c4[c-]c(Oc5[c-]c(N6C=CN(C)[CH-]6)ccc5)ccc4c4ccccc43)cc1n2C.[Pt]. The molecule has 42 heavy (non-hydrogen) atoms. The zero-order chi connectivity index (χ0) is 27.7. The molecule has 0 spiro atoms. The van der Waals surface area contributed by atoms with Gasteiger partial charge in [0.2, 0.25) is 0 Å². The van der Waals surface area contributed by atoms with Crippen LogP contribution in [0.1, 0.15) is 5.56 Å². The van der Waals surface area contributed by atoms with Crippen LogP contribution in [0.2, 0.25) is 0 Å². The first-order valence-corrected chi connectivity index (χ1v) is 13.6. The average molecular weight is 728 g/mol. The predicted octanol–water partition coefficient (Wildman–Crippen LogP) is 7.86. The summed E-state index contributed by atoms with van der Waals surface area (Å²) in [5.74, 6) is 2.09. The van der Waals surface area contributed by atoms with Gasteiger partial charge in [-0.3, -0.25) is 0 Å². The minimum Gasteiger partial charge on any atom is -0.510 e. The van der Waals surface area contributed by atoms with Crippen molar-refractivity contribution in [2.24, 2.45) is 7.05 Å². The molecule has 4 aromatic carbocycles. The van der Waals surface area contributed by atoms with Crippen molar-refractivity contribution < 1.29 is 25.8 Å². The van der Waals surface area contributed by atoms with Crippen LogP contribution in [0, 0.1) is 25.7 Å². The van der Waals surface area contributed by atoms with E-state index in [9.17, 15) is 0 Å². The Balaban J connectivity index is 0.00000288. The van der Waals surface area contributed by atoms with Crippen LogP contribution in [-0.2, 0) is 28.1 Å². The molecular formula is C35H26N5OPt-3. The van der Waals surface area contributed by atoms with Gasteiger partial charge in [0.25, 0.3) is 0 Å². The maximum absolute atomic E-state index is 6.31. The molecule has 1 aliphatic rings. The van der Waals surface area contributed by atoms with Crippen molar-refractivity contribution in [3.8, 4) is 17.3 Å². The van der Waals surface area contributed by atoms with Gasteiger partial charge < -0.3 is 23.7 Å². The molecule has 0 aliphatic carbocycles. The van der Waals surface area contributed by atoms with Gasteiger partial charge in [0, 0.05) is 73.7 Å². The van der Waals surface area contributed by atoms with Crippen molar-refractivity contribution in [1.29, 1.82) is 0 Å². The van der Waals surface area contributed by atoms with E-state index in [0.717, 1.165) is 44.2 Å². The number of aromatic nitrogens is 3. The van der Waals surface area contributed by atoms with Gasteiger partial charge >= 0.3 is 0 Å². The van der Waals surface area contributed by atoms with Crippen LogP contribution in [0.25, 0.3) is 49.4 Å². The number of fused-ring (bicyclic) bond motifs is 6. The van der Waals surface area contributed by atoms with Crippen molar-refractivity contribution >= 4 is 49.3 Å². The van der Waals surface area contributed by atoms with E-state index in [1.54, 1.807) is 0 Å². The molecule has 6 nitrogen and oxygen atoms in total. The second kappa shape index (κ2) is 10.1. The number of hydrogen-bond acceptors (Lipinski definition) is 4. The number of aryl methyl sites for hydroxylation is 2. The van der Waals surface area contributed by atoms with E-state index in [0.29, 0.717) is 11.5 Å². The quantitative estimate of drug-likeness (QED) is 0.173. The Labute approximate surface area is 258 Å². The van der Waals surface area contributed by atoms with E-state index in [1.807, 2.05) is 66.4 Å². The molecule has 210 valence electrons. The third kappa shape index (κ3) is 4.17. The molecule has 8 rings (SSSR count). The topological polar surface area (TPSA) is 38.5 Å². The monoisotopic (exact) mass is 727 g/mol. The van der Waals surface area contributed by atoms with Crippen molar-refractivity contribution in [3.63, 3.8) is 0 Å².